The van der Waals surface area contributed by atoms with Gasteiger partial charge >= 0.3 is 0 Å². The number of carbonyl (C=O) groups excluding carboxylic acids is 1. The van der Waals surface area contributed by atoms with Crippen molar-refractivity contribution < 1.29 is 9.53 Å². The summed E-state index contributed by atoms with van der Waals surface area (Å²) in [6.07, 6.45) is 0.718. The Kier molecular flexibility index (Phi) is 3.47. The molecule has 2 aromatic carbocycles. The lowest BCUT2D eigenvalue weighted by molar-refractivity contribution is 0.111. The number of rotatable bonds is 4. The van der Waals surface area contributed by atoms with Crippen LogP contribution in [0, 0.1) is 0 Å². The number of hydrogen-bond acceptors (Lipinski definition) is 4. The lowest BCUT2D eigenvalue weighted by atomic mass is 10.1. The van der Waals surface area contributed by atoms with Gasteiger partial charge in [-0.25, -0.2) is 4.68 Å². The van der Waals surface area contributed by atoms with Crippen molar-refractivity contribution in [3.8, 4) is 22.7 Å². The van der Waals surface area contributed by atoms with Gasteiger partial charge in [-0.05, 0) is 24.3 Å². The Morgan fingerprint density at radius 2 is 1.76 bits per heavy atom. The van der Waals surface area contributed by atoms with Crippen LogP contribution in [0.15, 0.2) is 54.6 Å². The molecular weight excluding hydrogens is 266 g/mol. The highest BCUT2D eigenvalue weighted by molar-refractivity contribution is 5.83. The molecule has 0 aliphatic heterocycles. The number of nitrogens with zero attached hydrogens (tertiary/aromatic N) is 3. The second-order valence-electron chi connectivity index (χ2n) is 4.42. The maximum Gasteiger partial charge on any atom is 0.172 e. The van der Waals surface area contributed by atoms with Crippen LogP contribution in [-0.2, 0) is 0 Å². The summed E-state index contributed by atoms with van der Waals surface area (Å²) in [5, 5.41) is 8.03. The third kappa shape index (κ3) is 2.41. The number of carbonyl (C=O) groups is 1. The molecule has 0 aliphatic rings. The number of hydrogen-bond donors (Lipinski definition) is 0. The molecule has 1 heterocycles. The zero-order valence-electron chi connectivity index (χ0n) is 11.4. The van der Waals surface area contributed by atoms with E-state index in [1.165, 1.54) is 0 Å². The topological polar surface area (TPSA) is 57.0 Å². The van der Waals surface area contributed by atoms with E-state index in [9.17, 15) is 4.79 Å². The van der Waals surface area contributed by atoms with Crippen LogP contribution in [0.3, 0.4) is 0 Å². The zero-order valence-corrected chi connectivity index (χ0v) is 11.4. The van der Waals surface area contributed by atoms with Crippen LogP contribution in [0.2, 0.25) is 0 Å². The first-order valence-corrected chi connectivity index (χ1v) is 6.44. The molecule has 104 valence electrons. The number of ether oxygens (including phenoxy) is 1. The quantitative estimate of drug-likeness (QED) is 0.689. The number of aromatic nitrogens is 3. The highest BCUT2D eigenvalue weighted by Gasteiger charge is 2.15. The lowest BCUT2D eigenvalue weighted by Gasteiger charge is -2.07. The summed E-state index contributed by atoms with van der Waals surface area (Å²) in [5.74, 6) is 0.760. The Morgan fingerprint density at radius 3 is 2.38 bits per heavy atom. The standard InChI is InChI=1S/C16H13N3O2/c1-21-14-9-7-13(8-10-14)19-16(15(11-20)17-18-19)12-5-3-2-4-6-12/h2-11H,1H3. The molecule has 21 heavy (non-hydrogen) atoms. The van der Waals surface area contributed by atoms with E-state index >= 15 is 0 Å². The van der Waals surface area contributed by atoms with Gasteiger partial charge in [0.25, 0.3) is 0 Å². The van der Waals surface area contributed by atoms with Crippen LogP contribution in [0.5, 0.6) is 5.75 Å². The Hall–Kier alpha value is -2.95. The van der Waals surface area contributed by atoms with E-state index in [2.05, 4.69) is 10.3 Å². The van der Waals surface area contributed by atoms with Crippen LogP contribution >= 0.6 is 0 Å². The van der Waals surface area contributed by atoms with E-state index in [-0.39, 0.29) is 0 Å². The van der Waals surface area contributed by atoms with Gasteiger partial charge < -0.3 is 4.74 Å². The SMILES string of the molecule is COc1ccc(-n2nnc(C=O)c2-c2ccccc2)cc1. The van der Waals surface area contributed by atoms with Crippen molar-refractivity contribution in [2.24, 2.45) is 0 Å². The van der Waals surface area contributed by atoms with Gasteiger partial charge in [0.05, 0.1) is 12.8 Å². The molecule has 0 saturated carbocycles. The van der Waals surface area contributed by atoms with Crippen molar-refractivity contribution in [1.29, 1.82) is 0 Å². The number of benzene rings is 2. The van der Waals surface area contributed by atoms with E-state index < -0.39 is 0 Å². The van der Waals surface area contributed by atoms with Gasteiger partial charge in [0.15, 0.2) is 12.0 Å². The van der Waals surface area contributed by atoms with E-state index in [1.54, 1.807) is 11.8 Å². The molecular formula is C16H13N3O2. The molecule has 0 saturated heterocycles. The summed E-state index contributed by atoms with van der Waals surface area (Å²) in [6, 6.07) is 17.0. The van der Waals surface area contributed by atoms with Gasteiger partial charge in [-0.1, -0.05) is 35.5 Å². The van der Waals surface area contributed by atoms with Crippen LogP contribution in [-0.4, -0.2) is 28.4 Å². The van der Waals surface area contributed by atoms with Crippen molar-refractivity contribution in [2.45, 2.75) is 0 Å². The molecule has 0 radical (unpaired) electrons. The zero-order chi connectivity index (χ0) is 14.7. The lowest BCUT2D eigenvalue weighted by Crippen LogP contribution is -2.00. The molecule has 3 rings (SSSR count). The first-order chi connectivity index (χ1) is 10.3. The molecule has 0 unspecified atom stereocenters. The molecule has 5 heteroatoms. The summed E-state index contributed by atoms with van der Waals surface area (Å²) in [5.41, 5.74) is 2.70. The Balaban J connectivity index is 2.15. The summed E-state index contributed by atoms with van der Waals surface area (Å²) in [4.78, 5) is 11.2. The largest absolute Gasteiger partial charge is 0.497 e. The van der Waals surface area contributed by atoms with Gasteiger partial charge in [0.1, 0.15) is 11.4 Å². The second kappa shape index (κ2) is 5.58. The third-order valence-corrected chi connectivity index (χ3v) is 3.17. The van der Waals surface area contributed by atoms with E-state index in [0.29, 0.717) is 11.4 Å². The summed E-state index contributed by atoms with van der Waals surface area (Å²) < 4.78 is 6.80. The van der Waals surface area contributed by atoms with Crippen molar-refractivity contribution in [3.05, 3.63) is 60.3 Å². The monoisotopic (exact) mass is 279 g/mol. The van der Waals surface area contributed by atoms with E-state index in [4.69, 9.17) is 4.74 Å². The Labute approximate surface area is 121 Å². The first kappa shape index (κ1) is 13.1. The van der Waals surface area contributed by atoms with Crippen molar-refractivity contribution in [1.82, 2.24) is 15.0 Å². The van der Waals surface area contributed by atoms with Gasteiger partial charge in [-0.3, -0.25) is 4.79 Å². The molecule has 0 bridgehead atoms. The molecule has 1 aromatic heterocycles. The maximum absolute atomic E-state index is 11.2. The van der Waals surface area contributed by atoms with Crippen molar-refractivity contribution in [2.75, 3.05) is 7.11 Å². The highest BCUT2D eigenvalue weighted by atomic mass is 16.5. The van der Waals surface area contributed by atoms with E-state index in [1.807, 2.05) is 54.6 Å². The molecule has 0 amide bonds. The van der Waals surface area contributed by atoms with E-state index in [0.717, 1.165) is 23.3 Å². The van der Waals surface area contributed by atoms with Crippen LogP contribution in [0.1, 0.15) is 10.5 Å². The first-order valence-electron chi connectivity index (χ1n) is 6.44. The molecule has 0 fully saturated rings. The van der Waals surface area contributed by atoms with Gasteiger partial charge in [-0.2, -0.15) is 0 Å². The molecule has 0 aliphatic carbocycles. The fourth-order valence-electron chi connectivity index (χ4n) is 2.14. The molecule has 0 atom stereocenters. The van der Waals surface area contributed by atoms with Gasteiger partial charge in [0, 0.05) is 5.56 Å². The van der Waals surface area contributed by atoms with Crippen molar-refractivity contribution >= 4 is 6.29 Å². The average Bonchev–Trinajstić information content (AvgIpc) is 2.99. The van der Waals surface area contributed by atoms with Crippen LogP contribution in [0.25, 0.3) is 16.9 Å². The fraction of sp³-hybridized carbons (Fsp3) is 0.0625. The van der Waals surface area contributed by atoms with Crippen LogP contribution in [0.4, 0.5) is 0 Å². The highest BCUT2D eigenvalue weighted by Crippen LogP contribution is 2.25. The minimum Gasteiger partial charge on any atom is -0.497 e. The van der Waals surface area contributed by atoms with Crippen LogP contribution < -0.4 is 4.74 Å². The molecule has 3 aromatic rings. The van der Waals surface area contributed by atoms with Gasteiger partial charge in [-0.15, -0.1) is 5.10 Å². The summed E-state index contributed by atoms with van der Waals surface area (Å²) >= 11 is 0. The number of aldehydes is 1. The fourth-order valence-corrected chi connectivity index (χ4v) is 2.14. The molecule has 0 spiro atoms. The average molecular weight is 279 g/mol. The maximum atomic E-state index is 11.2. The second-order valence-corrected chi connectivity index (χ2v) is 4.42. The number of methoxy groups -OCH3 is 1. The predicted molar refractivity (Wildman–Crippen MR) is 78.7 cm³/mol. The molecule has 0 N–H and O–H groups in total. The smallest absolute Gasteiger partial charge is 0.172 e. The minimum atomic E-state index is 0.317. The Morgan fingerprint density at radius 1 is 1.05 bits per heavy atom. The minimum absolute atomic E-state index is 0.317. The van der Waals surface area contributed by atoms with Gasteiger partial charge in [0.2, 0.25) is 0 Å². The predicted octanol–water partition coefficient (Wildman–Crippen LogP) is 2.76. The summed E-state index contributed by atoms with van der Waals surface area (Å²) in [7, 11) is 1.62. The Bertz CT molecular complexity index is 749. The summed E-state index contributed by atoms with van der Waals surface area (Å²) in [6.45, 7) is 0. The van der Waals surface area contributed by atoms with Crippen molar-refractivity contribution in [3.63, 3.8) is 0 Å². The third-order valence-electron chi connectivity index (χ3n) is 3.17. The normalized spacial score (nSPS) is 10.3. The molecule has 5 nitrogen and oxygen atoms in total.